The fourth-order valence-corrected chi connectivity index (χ4v) is 1.87. The Labute approximate surface area is 100 Å². The summed E-state index contributed by atoms with van der Waals surface area (Å²) >= 11 is 0. The van der Waals surface area contributed by atoms with E-state index in [1.807, 2.05) is 11.5 Å². The summed E-state index contributed by atoms with van der Waals surface area (Å²) in [7, 11) is 0. The summed E-state index contributed by atoms with van der Waals surface area (Å²) in [5, 5.41) is 0. The molecule has 0 atom stereocenters. The van der Waals surface area contributed by atoms with Gasteiger partial charge in [-0.1, -0.05) is 13.0 Å². The van der Waals surface area contributed by atoms with Crippen LogP contribution in [0.2, 0.25) is 0 Å². The number of halogens is 1. The normalized spacial score (nSPS) is 10.8. The van der Waals surface area contributed by atoms with Crippen LogP contribution in [0, 0.1) is 12.7 Å². The third kappa shape index (κ3) is 2.16. The number of nitrogens with two attached hydrogens (primary N) is 1. The van der Waals surface area contributed by atoms with E-state index in [1.54, 1.807) is 12.4 Å². The Morgan fingerprint density at radius 1 is 1.41 bits per heavy atom. The van der Waals surface area contributed by atoms with Gasteiger partial charge >= 0.3 is 0 Å². The number of benzene rings is 1. The second kappa shape index (κ2) is 4.57. The predicted molar refractivity (Wildman–Crippen MR) is 67.1 cm³/mol. The molecule has 0 fully saturated rings. The van der Waals surface area contributed by atoms with Gasteiger partial charge in [-0.2, -0.15) is 0 Å². The molecule has 4 heteroatoms. The number of aromatic nitrogens is 2. The second-order valence-electron chi connectivity index (χ2n) is 4.13. The van der Waals surface area contributed by atoms with E-state index in [4.69, 9.17) is 5.73 Å². The van der Waals surface area contributed by atoms with E-state index in [0.29, 0.717) is 11.5 Å². The SMILES string of the molecule is CCCn1cnc(-c2cc(F)ccc2C)c1N. The summed E-state index contributed by atoms with van der Waals surface area (Å²) in [6.07, 6.45) is 2.70. The minimum Gasteiger partial charge on any atom is -0.383 e. The highest BCUT2D eigenvalue weighted by atomic mass is 19.1. The maximum atomic E-state index is 13.2. The molecule has 0 aliphatic heterocycles. The first-order valence-electron chi connectivity index (χ1n) is 5.70. The van der Waals surface area contributed by atoms with Crippen LogP contribution in [0.4, 0.5) is 10.2 Å². The molecule has 0 saturated heterocycles. The highest BCUT2D eigenvalue weighted by molar-refractivity contribution is 5.73. The van der Waals surface area contributed by atoms with Crippen molar-refractivity contribution in [2.75, 3.05) is 5.73 Å². The Hall–Kier alpha value is -1.84. The number of rotatable bonds is 3. The molecule has 0 unspecified atom stereocenters. The van der Waals surface area contributed by atoms with Gasteiger partial charge in [-0.3, -0.25) is 0 Å². The van der Waals surface area contributed by atoms with Crippen molar-refractivity contribution in [3.8, 4) is 11.3 Å². The van der Waals surface area contributed by atoms with E-state index in [9.17, 15) is 4.39 Å². The van der Waals surface area contributed by atoms with Crippen LogP contribution < -0.4 is 5.73 Å². The van der Waals surface area contributed by atoms with Gasteiger partial charge in [-0.05, 0) is 31.0 Å². The topological polar surface area (TPSA) is 43.8 Å². The Balaban J connectivity index is 2.49. The van der Waals surface area contributed by atoms with Gasteiger partial charge in [0.1, 0.15) is 17.3 Å². The van der Waals surface area contributed by atoms with Gasteiger partial charge < -0.3 is 10.3 Å². The number of nitrogen functional groups attached to an aromatic ring is 1. The van der Waals surface area contributed by atoms with Crippen molar-refractivity contribution in [1.82, 2.24) is 9.55 Å². The number of imidazole rings is 1. The van der Waals surface area contributed by atoms with Gasteiger partial charge in [-0.15, -0.1) is 0 Å². The summed E-state index contributed by atoms with van der Waals surface area (Å²) in [5.41, 5.74) is 8.41. The lowest BCUT2D eigenvalue weighted by atomic mass is 10.1. The molecule has 0 amide bonds. The fourth-order valence-electron chi connectivity index (χ4n) is 1.87. The third-order valence-corrected chi connectivity index (χ3v) is 2.80. The van der Waals surface area contributed by atoms with Crippen molar-refractivity contribution in [1.29, 1.82) is 0 Å². The first-order chi connectivity index (χ1) is 8.13. The van der Waals surface area contributed by atoms with Crippen LogP contribution in [0.5, 0.6) is 0 Å². The maximum absolute atomic E-state index is 13.2. The van der Waals surface area contributed by atoms with Crippen LogP contribution in [0.15, 0.2) is 24.5 Å². The second-order valence-corrected chi connectivity index (χ2v) is 4.13. The summed E-state index contributed by atoms with van der Waals surface area (Å²) in [6.45, 7) is 4.83. The Morgan fingerprint density at radius 3 is 2.88 bits per heavy atom. The zero-order valence-corrected chi connectivity index (χ0v) is 10.1. The summed E-state index contributed by atoms with van der Waals surface area (Å²) < 4.78 is 15.1. The van der Waals surface area contributed by atoms with Gasteiger partial charge in [0.15, 0.2) is 0 Å². The predicted octanol–water partition coefficient (Wildman–Crippen LogP) is 2.99. The first-order valence-corrected chi connectivity index (χ1v) is 5.70. The van der Waals surface area contributed by atoms with E-state index < -0.39 is 0 Å². The van der Waals surface area contributed by atoms with Crippen LogP contribution in [-0.4, -0.2) is 9.55 Å². The number of nitrogens with zero attached hydrogens (tertiary/aromatic N) is 2. The number of anilines is 1. The molecule has 3 nitrogen and oxygen atoms in total. The van der Waals surface area contributed by atoms with Crippen molar-refractivity contribution in [2.24, 2.45) is 0 Å². The molecule has 1 heterocycles. The van der Waals surface area contributed by atoms with E-state index in [2.05, 4.69) is 11.9 Å². The van der Waals surface area contributed by atoms with Crippen molar-refractivity contribution in [2.45, 2.75) is 26.8 Å². The van der Waals surface area contributed by atoms with Crippen LogP contribution >= 0.6 is 0 Å². The molecular weight excluding hydrogens is 217 g/mol. The smallest absolute Gasteiger partial charge is 0.131 e. The highest BCUT2D eigenvalue weighted by Crippen LogP contribution is 2.28. The molecule has 90 valence electrons. The maximum Gasteiger partial charge on any atom is 0.131 e. The van der Waals surface area contributed by atoms with Crippen molar-refractivity contribution >= 4 is 5.82 Å². The molecule has 2 aromatic rings. The lowest BCUT2D eigenvalue weighted by molar-refractivity contribution is 0.628. The van der Waals surface area contributed by atoms with Gasteiger partial charge in [0.25, 0.3) is 0 Å². The van der Waals surface area contributed by atoms with Crippen molar-refractivity contribution < 1.29 is 4.39 Å². The molecular formula is C13H16FN3. The standard InChI is InChI=1S/C13H16FN3/c1-3-6-17-8-16-12(13(17)15)11-7-10(14)5-4-9(11)2/h4-5,7-8H,3,6,15H2,1-2H3. The Kier molecular flexibility index (Phi) is 3.13. The zero-order valence-electron chi connectivity index (χ0n) is 10.1. The average Bonchev–Trinajstić information content (AvgIpc) is 2.65. The van der Waals surface area contributed by atoms with Crippen LogP contribution in [-0.2, 0) is 6.54 Å². The van der Waals surface area contributed by atoms with E-state index >= 15 is 0 Å². The largest absolute Gasteiger partial charge is 0.383 e. The Morgan fingerprint density at radius 2 is 2.18 bits per heavy atom. The molecule has 1 aromatic heterocycles. The molecule has 0 aliphatic rings. The molecule has 2 rings (SSSR count). The van der Waals surface area contributed by atoms with Crippen molar-refractivity contribution in [3.05, 3.63) is 35.9 Å². The summed E-state index contributed by atoms with van der Waals surface area (Å²) in [5.74, 6) is 0.329. The highest BCUT2D eigenvalue weighted by Gasteiger charge is 2.12. The quantitative estimate of drug-likeness (QED) is 0.885. The average molecular weight is 233 g/mol. The number of aryl methyl sites for hydroxylation is 2. The molecule has 2 N–H and O–H groups in total. The number of hydrogen-bond donors (Lipinski definition) is 1. The van der Waals surface area contributed by atoms with E-state index in [-0.39, 0.29) is 5.82 Å². The van der Waals surface area contributed by atoms with Gasteiger partial charge in [-0.25, -0.2) is 9.37 Å². The van der Waals surface area contributed by atoms with E-state index in [0.717, 1.165) is 24.1 Å². The monoisotopic (exact) mass is 233 g/mol. The minimum absolute atomic E-state index is 0.268. The van der Waals surface area contributed by atoms with Crippen molar-refractivity contribution in [3.63, 3.8) is 0 Å². The Bertz CT molecular complexity index is 531. The lowest BCUT2D eigenvalue weighted by Gasteiger charge is -2.06. The molecule has 0 spiro atoms. The molecule has 0 bridgehead atoms. The van der Waals surface area contributed by atoms with Crippen LogP contribution in [0.1, 0.15) is 18.9 Å². The molecule has 0 aliphatic carbocycles. The van der Waals surface area contributed by atoms with Gasteiger partial charge in [0, 0.05) is 12.1 Å². The molecule has 1 aromatic carbocycles. The van der Waals surface area contributed by atoms with Crippen LogP contribution in [0.25, 0.3) is 11.3 Å². The summed E-state index contributed by atoms with van der Waals surface area (Å²) in [6, 6.07) is 4.66. The number of hydrogen-bond acceptors (Lipinski definition) is 2. The fraction of sp³-hybridized carbons (Fsp3) is 0.308. The molecule has 17 heavy (non-hydrogen) atoms. The summed E-state index contributed by atoms with van der Waals surface area (Å²) in [4.78, 5) is 4.28. The van der Waals surface area contributed by atoms with Gasteiger partial charge in [0.2, 0.25) is 0 Å². The van der Waals surface area contributed by atoms with Gasteiger partial charge in [0.05, 0.1) is 6.33 Å². The van der Waals surface area contributed by atoms with E-state index in [1.165, 1.54) is 12.1 Å². The lowest BCUT2D eigenvalue weighted by Crippen LogP contribution is -2.01. The molecule has 0 saturated carbocycles. The molecule has 0 radical (unpaired) electrons. The third-order valence-electron chi connectivity index (χ3n) is 2.80. The minimum atomic E-state index is -0.268. The van der Waals surface area contributed by atoms with Crippen LogP contribution in [0.3, 0.4) is 0 Å². The zero-order chi connectivity index (χ0) is 12.4. The first kappa shape index (κ1) is 11.6.